The van der Waals surface area contributed by atoms with E-state index < -0.39 is 0 Å². The Hall–Kier alpha value is -0.610. The van der Waals surface area contributed by atoms with Crippen molar-refractivity contribution in [3.05, 3.63) is 28.0 Å². The number of ether oxygens (including phenoxy) is 2. The molecular weight excluding hydrogens is 263 g/mol. The van der Waals surface area contributed by atoms with Crippen molar-refractivity contribution in [2.45, 2.75) is 26.6 Å². The highest BCUT2D eigenvalue weighted by molar-refractivity contribution is 9.10. The molecule has 0 atom stereocenters. The van der Waals surface area contributed by atoms with Gasteiger partial charge in [-0.15, -0.1) is 0 Å². The lowest BCUT2D eigenvalue weighted by molar-refractivity contribution is 0.172. The normalized spacial score (nSPS) is 10.8. The molecule has 0 unspecified atom stereocenters. The minimum atomic E-state index is -0.370. The molecule has 0 saturated heterocycles. The zero-order valence-electron chi connectivity index (χ0n) is 9.01. The van der Waals surface area contributed by atoms with Gasteiger partial charge in [-0.1, -0.05) is 15.9 Å². The standard InChI is InChI=1S/C11H14BrFO2/c1-7(2)15-11-8(6-14-3)4-9(12)5-10(11)13/h4-5,7H,6H2,1-3H3. The number of halogens is 2. The van der Waals surface area contributed by atoms with Gasteiger partial charge in [0.1, 0.15) is 0 Å². The van der Waals surface area contributed by atoms with Gasteiger partial charge in [-0.05, 0) is 26.0 Å². The van der Waals surface area contributed by atoms with Gasteiger partial charge >= 0.3 is 0 Å². The maximum atomic E-state index is 13.6. The van der Waals surface area contributed by atoms with E-state index in [9.17, 15) is 4.39 Å². The molecule has 1 aromatic carbocycles. The van der Waals surface area contributed by atoms with E-state index in [-0.39, 0.29) is 17.7 Å². The van der Waals surface area contributed by atoms with Gasteiger partial charge < -0.3 is 9.47 Å². The number of rotatable bonds is 4. The van der Waals surface area contributed by atoms with E-state index in [0.29, 0.717) is 16.6 Å². The minimum Gasteiger partial charge on any atom is -0.488 e. The van der Waals surface area contributed by atoms with Gasteiger partial charge in [0.25, 0.3) is 0 Å². The lowest BCUT2D eigenvalue weighted by Gasteiger charge is -2.15. The van der Waals surface area contributed by atoms with Crippen LogP contribution in [-0.2, 0) is 11.3 Å². The zero-order chi connectivity index (χ0) is 11.4. The topological polar surface area (TPSA) is 18.5 Å². The van der Waals surface area contributed by atoms with E-state index >= 15 is 0 Å². The highest BCUT2D eigenvalue weighted by Gasteiger charge is 2.13. The maximum absolute atomic E-state index is 13.6. The van der Waals surface area contributed by atoms with Crippen LogP contribution < -0.4 is 4.74 Å². The third-order valence-corrected chi connectivity index (χ3v) is 2.20. The van der Waals surface area contributed by atoms with Gasteiger partial charge in [0.05, 0.1) is 12.7 Å². The van der Waals surface area contributed by atoms with Crippen LogP contribution in [0, 0.1) is 5.82 Å². The van der Waals surface area contributed by atoms with Crippen molar-refractivity contribution in [3.8, 4) is 5.75 Å². The van der Waals surface area contributed by atoms with Gasteiger partial charge in [0.2, 0.25) is 0 Å². The second-order valence-electron chi connectivity index (χ2n) is 3.48. The smallest absolute Gasteiger partial charge is 0.166 e. The summed E-state index contributed by atoms with van der Waals surface area (Å²) in [7, 11) is 1.57. The van der Waals surface area contributed by atoms with Crippen LogP contribution in [0.1, 0.15) is 19.4 Å². The molecular formula is C11H14BrFO2. The lowest BCUT2D eigenvalue weighted by Crippen LogP contribution is -2.09. The second-order valence-corrected chi connectivity index (χ2v) is 4.39. The Labute approximate surface area is 97.5 Å². The molecule has 0 saturated carbocycles. The molecule has 0 spiro atoms. The maximum Gasteiger partial charge on any atom is 0.166 e. The molecule has 0 N–H and O–H groups in total. The third-order valence-electron chi connectivity index (χ3n) is 1.74. The molecule has 15 heavy (non-hydrogen) atoms. The molecule has 0 aromatic heterocycles. The van der Waals surface area contributed by atoms with Crippen LogP contribution in [0.4, 0.5) is 4.39 Å². The summed E-state index contributed by atoms with van der Waals surface area (Å²) in [4.78, 5) is 0. The van der Waals surface area contributed by atoms with Crippen LogP contribution in [-0.4, -0.2) is 13.2 Å². The summed E-state index contributed by atoms with van der Waals surface area (Å²) in [5.74, 6) is -0.0971. The van der Waals surface area contributed by atoms with E-state index in [2.05, 4.69) is 15.9 Å². The van der Waals surface area contributed by atoms with Crippen molar-refractivity contribution in [1.82, 2.24) is 0 Å². The predicted molar refractivity (Wildman–Crippen MR) is 60.6 cm³/mol. The predicted octanol–water partition coefficient (Wildman–Crippen LogP) is 3.52. The fourth-order valence-electron chi connectivity index (χ4n) is 1.24. The van der Waals surface area contributed by atoms with Crippen molar-refractivity contribution in [2.75, 3.05) is 7.11 Å². The molecule has 0 radical (unpaired) electrons. The van der Waals surface area contributed by atoms with E-state index in [1.807, 2.05) is 13.8 Å². The van der Waals surface area contributed by atoms with Crippen molar-refractivity contribution >= 4 is 15.9 Å². The monoisotopic (exact) mass is 276 g/mol. The van der Waals surface area contributed by atoms with Crippen LogP contribution in [0.15, 0.2) is 16.6 Å². The molecule has 0 amide bonds. The summed E-state index contributed by atoms with van der Waals surface area (Å²) >= 11 is 3.23. The largest absolute Gasteiger partial charge is 0.488 e. The van der Waals surface area contributed by atoms with Gasteiger partial charge in [-0.25, -0.2) is 4.39 Å². The summed E-state index contributed by atoms with van der Waals surface area (Å²) in [6.45, 7) is 4.05. The lowest BCUT2D eigenvalue weighted by atomic mass is 10.2. The minimum absolute atomic E-state index is 0.0590. The van der Waals surface area contributed by atoms with Crippen LogP contribution in [0.25, 0.3) is 0 Å². The van der Waals surface area contributed by atoms with Gasteiger partial charge in [0.15, 0.2) is 11.6 Å². The van der Waals surface area contributed by atoms with Crippen LogP contribution in [0.2, 0.25) is 0 Å². The summed E-state index contributed by atoms with van der Waals surface area (Å²) < 4.78 is 24.7. The van der Waals surface area contributed by atoms with E-state index in [4.69, 9.17) is 9.47 Å². The van der Waals surface area contributed by atoms with Crippen molar-refractivity contribution in [1.29, 1.82) is 0 Å². The molecule has 1 rings (SSSR count). The zero-order valence-corrected chi connectivity index (χ0v) is 10.6. The summed E-state index contributed by atoms with van der Waals surface area (Å²) in [6, 6.07) is 3.18. The highest BCUT2D eigenvalue weighted by Crippen LogP contribution is 2.28. The van der Waals surface area contributed by atoms with Crippen LogP contribution in [0.3, 0.4) is 0 Å². The quantitative estimate of drug-likeness (QED) is 0.838. The van der Waals surface area contributed by atoms with E-state index in [1.165, 1.54) is 6.07 Å². The molecule has 0 bridgehead atoms. The highest BCUT2D eigenvalue weighted by atomic mass is 79.9. The first-order valence-corrected chi connectivity index (χ1v) is 5.47. The van der Waals surface area contributed by atoms with Gasteiger partial charge in [-0.2, -0.15) is 0 Å². The Kier molecular flexibility index (Phi) is 4.54. The Bertz CT molecular complexity index is 340. The number of methoxy groups -OCH3 is 1. The summed E-state index contributed by atoms with van der Waals surface area (Å²) in [5, 5.41) is 0. The average molecular weight is 277 g/mol. The van der Waals surface area contributed by atoms with Crippen molar-refractivity contribution in [2.24, 2.45) is 0 Å². The molecule has 0 heterocycles. The third kappa shape index (κ3) is 3.47. The van der Waals surface area contributed by atoms with Crippen molar-refractivity contribution in [3.63, 3.8) is 0 Å². The van der Waals surface area contributed by atoms with E-state index in [1.54, 1.807) is 13.2 Å². The van der Waals surface area contributed by atoms with E-state index in [0.717, 1.165) is 0 Å². The first kappa shape index (κ1) is 12.5. The summed E-state index contributed by atoms with van der Waals surface area (Å²) in [5.41, 5.74) is 0.707. The van der Waals surface area contributed by atoms with Crippen LogP contribution in [0.5, 0.6) is 5.75 Å². The van der Waals surface area contributed by atoms with Gasteiger partial charge in [0, 0.05) is 17.1 Å². The Morgan fingerprint density at radius 2 is 2.07 bits per heavy atom. The molecule has 4 heteroatoms. The average Bonchev–Trinajstić information content (AvgIpc) is 2.11. The Morgan fingerprint density at radius 1 is 1.40 bits per heavy atom. The SMILES string of the molecule is COCc1cc(Br)cc(F)c1OC(C)C. The first-order valence-electron chi connectivity index (χ1n) is 4.68. The fraction of sp³-hybridized carbons (Fsp3) is 0.455. The second kappa shape index (κ2) is 5.47. The Balaban J connectivity index is 3.08. The molecule has 0 aliphatic carbocycles. The Morgan fingerprint density at radius 3 is 2.60 bits per heavy atom. The number of hydrogen-bond acceptors (Lipinski definition) is 2. The van der Waals surface area contributed by atoms with Crippen molar-refractivity contribution < 1.29 is 13.9 Å². The van der Waals surface area contributed by atoms with Gasteiger partial charge in [-0.3, -0.25) is 0 Å². The molecule has 2 nitrogen and oxygen atoms in total. The number of benzene rings is 1. The van der Waals surface area contributed by atoms with Crippen LogP contribution >= 0.6 is 15.9 Å². The molecule has 84 valence electrons. The fourth-order valence-corrected chi connectivity index (χ4v) is 1.72. The number of hydrogen-bond donors (Lipinski definition) is 0. The molecule has 0 aliphatic heterocycles. The first-order chi connectivity index (χ1) is 7.04. The molecule has 0 fully saturated rings. The molecule has 0 aliphatic rings. The summed E-state index contributed by atoms with van der Waals surface area (Å²) in [6.07, 6.45) is -0.0590. The molecule has 1 aromatic rings.